The van der Waals surface area contributed by atoms with Crippen molar-refractivity contribution < 1.29 is 14.3 Å². The largest absolute Gasteiger partial charge is 0.484 e. The van der Waals surface area contributed by atoms with Crippen molar-refractivity contribution >= 4 is 34.5 Å². The van der Waals surface area contributed by atoms with Crippen LogP contribution in [-0.4, -0.2) is 23.4 Å². The van der Waals surface area contributed by atoms with E-state index in [0.717, 1.165) is 16.3 Å². The van der Waals surface area contributed by atoms with Gasteiger partial charge < -0.3 is 15.4 Å². The summed E-state index contributed by atoms with van der Waals surface area (Å²) < 4.78 is 5.58. The van der Waals surface area contributed by atoms with E-state index < -0.39 is 0 Å². The van der Waals surface area contributed by atoms with Crippen LogP contribution < -0.4 is 15.4 Å². The number of benzene rings is 2. The SMILES string of the molecule is CC(=O)Nc1ccc(NC(=O)COc2ccc(-c3nc(C(C)(C)C)cs3)cc2)cc1. The summed E-state index contributed by atoms with van der Waals surface area (Å²) in [5.41, 5.74) is 3.42. The number of ether oxygens (including phenoxy) is 1. The number of hydrogen-bond acceptors (Lipinski definition) is 5. The number of hydrogen-bond donors (Lipinski definition) is 2. The smallest absolute Gasteiger partial charge is 0.262 e. The maximum absolute atomic E-state index is 12.1. The fourth-order valence-electron chi connectivity index (χ4n) is 2.63. The topological polar surface area (TPSA) is 80.3 Å². The molecule has 0 aliphatic carbocycles. The molecule has 7 heteroatoms. The van der Waals surface area contributed by atoms with Crippen molar-refractivity contribution in [1.82, 2.24) is 4.98 Å². The molecule has 3 aromatic rings. The third-order valence-corrected chi connectivity index (χ3v) is 5.12. The van der Waals surface area contributed by atoms with Gasteiger partial charge in [-0.3, -0.25) is 9.59 Å². The first-order chi connectivity index (χ1) is 14.2. The molecule has 0 unspecified atom stereocenters. The number of amides is 2. The average molecular weight is 424 g/mol. The van der Waals surface area contributed by atoms with Crippen molar-refractivity contribution in [1.29, 1.82) is 0 Å². The Morgan fingerprint density at radius 1 is 0.967 bits per heavy atom. The predicted octanol–water partition coefficient (Wildman–Crippen LogP) is 5.08. The fourth-order valence-corrected chi connectivity index (χ4v) is 3.68. The molecule has 3 rings (SSSR count). The second-order valence-corrected chi connectivity index (χ2v) is 8.77. The molecule has 0 aliphatic rings. The van der Waals surface area contributed by atoms with Gasteiger partial charge in [0.2, 0.25) is 5.91 Å². The molecule has 0 radical (unpaired) electrons. The van der Waals surface area contributed by atoms with Crippen molar-refractivity contribution in [2.24, 2.45) is 0 Å². The molecule has 2 N–H and O–H groups in total. The molecule has 6 nitrogen and oxygen atoms in total. The van der Waals surface area contributed by atoms with E-state index in [4.69, 9.17) is 9.72 Å². The Labute approximate surface area is 180 Å². The quantitative estimate of drug-likeness (QED) is 0.579. The zero-order valence-corrected chi connectivity index (χ0v) is 18.3. The molecule has 0 atom stereocenters. The number of carbonyl (C=O) groups is 2. The van der Waals surface area contributed by atoms with E-state index in [-0.39, 0.29) is 23.8 Å². The minimum Gasteiger partial charge on any atom is -0.484 e. The van der Waals surface area contributed by atoms with Crippen LogP contribution in [0.2, 0.25) is 0 Å². The van der Waals surface area contributed by atoms with Gasteiger partial charge in [-0.05, 0) is 48.5 Å². The Hall–Kier alpha value is -3.19. The van der Waals surface area contributed by atoms with Gasteiger partial charge in [0.05, 0.1) is 5.69 Å². The number of thiazole rings is 1. The average Bonchev–Trinajstić information content (AvgIpc) is 3.19. The van der Waals surface area contributed by atoms with Crippen molar-refractivity contribution in [3.05, 3.63) is 59.6 Å². The lowest BCUT2D eigenvalue weighted by molar-refractivity contribution is -0.118. The Bertz CT molecular complexity index is 1020. The molecule has 2 amide bonds. The molecule has 0 spiro atoms. The van der Waals surface area contributed by atoms with Crippen LogP contribution in [0.25, 0.3) is 10.6 Å². The van der Waals surface area contributed by atoms with E-state index in [9.17, 15) is 9.59 Å². The summed E-state index contributed by atoms with van der Waals surface area (Å²) in [7, 11) is 0. The first kappa shape index (κ1) is 21.5. The summed E-state index contributed by atoms with van der Waals surface area (Å²) in [5, 5.41) is 8.49. The highest BCUT2D eigenvalue weighted by Gasteiger charge is 2.17. The summed E-state index contributed by atoms with van der Waals surface area (Å²) in [5.74, 6) is 0.208. The van der Waals surface area contributed by atoms with Gasteiger partial charge in [-0.25, -0.2) is 4.98 Å². The van der Waals surface area contributed by atoms with Gasteiger partial charge in [0, 0.05) is 34.7 Å². The van der Waals surface area contributed by atoms with Crippen molar-refractivity contribution in [3.8, 4) is 16.3 Å². The monoisotopic (exact) mass is 423 g/mol. The maximum Gasteiger partial charge on any atom is 0.262 e. The molecule has 156 valence electrons. The molecule has 0 saturated carbocycles. The molecule has 0 saturated heterocycles. The molecule has 2 aromatic carbocycles. The Morgan fingerprint density at radius 2 is 1.57 bits per heavy atom. The third kappa shape index (κ3) is 5.90. The Balaban J connectivity index is 1.52. The summed E-state index contributed by atoms with van der Waals surface area (Å²) in [6, 6.07) is 14.4. The third-order valence-electron chi connectivity index (χ3n) is 4.23. The van der Waals surface area contributed by atoms with Crippen LogP contribution in [0.5, 0.6) is 5.75 Å². The van der Waals surface area contributed by atoms with Crippen LogP contribution >= 0.6 is 11.3 Å². The van der Waals surface area contributed by atoms with Crippen molar-refractivity contribution in [3.63, 3.8) is 0 Å². The molecule has 0 fully saturated rings. The minimum atomic E-state index is -0.263. The molecule has 1 heterocycles. The summed E-state index contributed by atoms with van der Waals surface area (Å²) in [6.07, 6.45) is 0. The minimum absolute atomic E-state index is 0.0232. The van der Waals surface area contributed by atoms with Crippen LogP contribution in [0.3, 0.4) is 0 Å². The van der Waals surface area contributed by atoms with Gasteiger partial charge in [-0.2, -0.15) is 0 Å². The second kappa shape index (κ2) is 9.09. The van der Waals surface area contributed by atoms with Gasteiger partial charge in [0.15, 0.2) is 6.61 Å². The molecular formula is C23H25N3O3S. The van der Waals surface area contributed by atoms with Crippen LogP contribution in [-0.2, 0) is 15.0 Å². The van der Waals surface area contributed by atoms with Crippen molar-refractivity contribution in [2.45, 2.75) is 33.1 Å². The summed E-state index contributed by atoms with van der Waals surface area (Å²) >= 11 is 1.62. The Kier molecular flexibility index (Phi) is 6.52. The van der Waals surface area contributed by atoms with Gasteiger partial charge >= 0.3 is 0 Å². The number of nitrogens with one attached hydrogen (secondary N) is 2. The fraction of sp³-hybridized carbons (Fsp3) is 0.261. The van der Waals surface area contributed by atoms with E-state index in [2.05, 4.69) is 36.8 Å². The van der Waals surface area contributed by atoms with Crippen LogP contribution in [0.4, 0.5) is 11.4 Å². The van der Waals surface area contributed by atoms with Crippen LogP contribution in [0, 0.1) is 0 Å². The zero-order valence-electron chi connectivity index (χ0n) is 17.5. The second-order valence-electron chi connectivity index (χ2n) is 7.91. The maximum atomic E-state index is 12.1. The normalized spacial score (nSPS) is 11.1. The molecule has 0 aliphatic heterocycles. The lowest BCUT2D eigenvalue weighted by Gasteiger charge is -2.14. The molecule has 0 bridgehead atoms. The van der Waals surface area contributed by atoms with Crippen LogP contribution in [0.15, 0.2) is 53.9 Å². The number of anilines is 2. The standard InChI is InChI=1S/C23H25N3O3S/c1-15(27)24-17-7-9-18(10-8-17)25-21(28)13-29-19-11-5-16(6-12-19)22-26-20(14-30-22)23(2,3)4/h5-12,14H,13H2,1-4H3,(H,24,27)(H,25,28). The first-order valence-electron chi connectivity index (χ1n) is 9.57. The zero-order chi connectivity index (χ0) is 21.7. The highest BCUT2D eigenvalue weighted by Crippen LogP contribution is 2.30. The predicted molar refractivity (Wildman–Crippen MR) is 121 cm³/mol. The number of carbonyl (C=O) groups excluding carboxylic acids is 2. The Morgan fingerprint density at radius 3 is 2.10 bits per heavy atom. The molecule has 1 aromatic heterocycles. The number of nitrogens with zero attached hydrogens (tertiary/aromatic N) is 1. The van der Waals surface area contributed by atoms with Gasteiger partial charge in [-0.15, -0.1) is 11.3 Å². The summed E-state index contributed by atoms with van der Waals surface area (Å²) in [6.45, 7) is 7.78. The van der Waals surface area contributed by atoms with Crippen LogP contribution in [0.1, 0.15) is 33.4 Å². The highest BCUT2D eigenvalue weighted by atomic mass is 32.1. The van der Waals surface area contributed by atoms with E-state index >= 15 is 0 Å². The molecular weight excluding hydrogens is 398 g/mol. The van der Waals surface area contributed by atoms with Gasteiger partial charge in [0.25, 0.3) is 5.91 Å². The number of rotatable bonds is 6. The molecule has 30 heavy (non-hydrogen) atoms. The van der Waals surface area contributed by atoms with E-state index in [1.54, 1.807) is 35.6 Å². The van der Waals surface area contributed by atoms with Crippen molar-refractivity contribution in [2.75, 3.05) is 17.2 Å². The van der Waals surface area contributed by atoms with E-state index in [1.807, 2.05) is 24.3 Å². The van der Waals surface area contributed by atoms with E-state index in [1.165, 1.54) is 6.92 Å². The summed E-state index contributed by atoms with van der Waals surface area (Å²) in [4.78, 5) is 27.9. The van der Waals surface area contributed by atoms with Gasteiger partial charge in [0.1, 0.15) is 10.8 Å². The number of aromatic nitrogens is 1. The lowest BCUT2D eigenvalue weighted by Crippen LogP contribution is -2.20. The highest BCUT2D eigenvalue weighted by molar-refractivity contribution is 7.13. The first-order valence-corrected chi connectivity index (χ1v) is 10.5. The van der Waals surface area contributed by atoms with Gasteiger partial charge in [-0.1, -0.05) is 20.8 Å². The lowest BCUT2D eigenvalue weighted by atomic mass is 9.93. The van der Waals surface area contributed by atoms with E-state index in [0.29, 0.717) is 17.1 Å².